The lowest BCUT2D eigenvalue weighted by Crippen LogP contribution is -2.56. The van der Waals surface area contributed by atoms with Crippen molar-refractivity contribution in [3.8, 4) is 0 Å². The minimum atomic E-state index is -0.796. The molecule has 0 saturated heterocycles. The number of hydrogen-bond donors (Lipinski definition) is 2. The lowest BCUT2D eigenvalue weighted by molar-refractivity contribution is -0.147. The van der Waals surface area contributed by atoms with Gasteiger partial charge < -0.3 is 20.7 Å². The molecule has 1 rings (SSSR count). The predicted molar refractivity (Wildman–Crippen MR) is 99.1 cm³/mol. The zero-order valence-electron chi connectivity index (χ0n) is 16.1. The Kier molecular flexibility index (Phi) is 8.25. The number of rotatable bonds is 8. The second-order valence-corrected chi connectivity index (χ2v) is 6.69. The zero-order valence-corrected chi connectivity index (χ0v) is 16.1. The van der Waals surface area contributed by atoms with E-state index in [0.29, 0.717) is 6.42 Å². The van der Waals surface area contributed by atoms with Crippen LogP contribution >= 0.6 is 0 Å². The summed E-state index contributed by atoms with van der Waals surface area (Å²) in [7, 11) is 2.81. The van der Waals surface area contributed by atoms with Crippen LogP contribution in [-0.4, -0.2) is 55.0 Å². The molecule has 0 aliphatic carbocycles. The highest BCUT2D eigenvalue weighted by Crippen LogP contribution is 2.13. The van der Waals surface area contributed by atoms with Gasteiger partial charge >= 0.3 is 5.97 Å². The number of nitrogens with one attached hydrogen (secondary N) is 1. The summed E-state index contributed by atoms with van der Waals surface area (Å²) < 4.78 is 4.61. The predicted octanol–water partition coefficient (Wildman–Crippen LogP) is 0.717. The minimum absolute atomic E-state index is 0.155. The standard InChI is InChI=1S/C19H29N3O4/c1-12(2)16(17(23)21-13(3)19(25)26-5)22(4)18(24)15(20)11-14-9-7-6-8-10-14/h6-10,12-13,15-16H,11,20H2,1-5H3,(H,21,23)/t13-,15+,16-/m0/s1. The molecule has 144 valence electrons. The summed E-state index contributed by atoms with van der Waals surface area (Å²) >= 11 is 0. The Morgan fingerprint density at radius 2 is 1.73 bits per heavy atom. The van der Waals surface area contributed by atoms with E-state index in [9.17, 15) is 14.4 Å². The van der Waals surface area contributed by atoms with Crippen LogP contribution in [0.1, 0.15) is 26.3 Å². The molecule has 0 fully saturated rings. The van der Waals surface area contributed by atoms with Gasteiger partial charge in [0.05, 0.1) is 13.2 Å². The van der Waals surface area contributed by atoms with Crippen LogP contribution in [0.2, 0.25) is 0 Å². The van der Waals surface area contributed by atoms with Crippen molar-refractivity contribution in [1.29, 1.82) is 0 Å². The largest absolute Gasteiger partial charge is 0.467 e. The van der Waals surface area contributed by atoms with Crippen molar-refractivity contribution in [2.75, 3.05) is 14.2 Å². The van der Waals surface area contributed by atoms with E-state index in [0.717, 1.165) is 5.56 Å². The van der Waals surface area contributed by atoms with E-state index in [1.165, 1.54) is 18.9 Å². The molecule has 2 amide bonds. The lowest BCUT2D eigenvalue weighted by Gasteiger charge is -2.32. The number of amides is 2. The summed E-state index contributed by atoms with van der Waals surface area (Å²) in [6.45, 7) is 5.20. The van der Waals surface area contributed by atoms with Crippen LogP contribution in [0.4, 0.5) is 0 Å². The molecule has 7 nitrogen and oxygen atoms in total. The van der Waals surface area contributed by atoms with Crippen LogP contribution in [-0.2, 0) is 25.5 Å². The first-order valence-electron chi connectivity index (χ1n) is 8.63. The molecule has 3 atom stereocenters. The number of ether oxygens (including phenoxy) is 1. The van der Waals surface area contributed by atoms with Gasteiger partial charge in [0.1, 0.15) is 12.1 Å². The number of methoxy groups -OCH3 is 1. The summed E-state index contributed by atoms with van der Waals surface area (Å²) in [5.41, 5.74) is 7.01. The van der Waals surface area contributed by atoms with Gasteiger partial charge in [-0.15, -0.1) is 0 Å². The van der Waals surface area contributed by atoms with Crippen molar-refractivity contribution in [1.82, 2.24) is 10.2 Å². The molecule has 0 saturated carbocycles. The SMILES string of the molecule is COC(=O)[C@H](C)NC(=O)[C@H](C(C)C)N(C)C(=O)[C@H](N)Cc1ccccc1. The molecule has 7 heteroatoms. The first kappa shape index (κ1) is 21.6. The van der Waals surface area contributed by atoms with E-state index in [-0.39, 0.29) is 11.8 Å². The third-order valence-corrected chi connectivity index (χ3v) is 4.19. The van der Waals surface area contributed by atoms with E-state index in [1.54, 1.807) is 7.05 Å². The Balaban J connectivity index is 2.82. The van der Waals surface area contributed by atoms with Crippen molar-refractivity contribution in [2.45, 2.75) is 45.3 Å². The summed E-state index contributed by atoms with van der Waals surface area (Å²) in [5, 5.41) is 2.59. The van der Waals surface area contributed by atoms with Crippen molar-refractivity contribution < 1.29 is 19.1 Å². The van der Waals surface area contributed by atoms with E-state index >= 15 is 0 Å². The Labute approximate surface area is 154 Å². The van der Waals surface area contributed by atoms with E-state index in [4.69, 9.17) is 5.73 Å². The second-order valence-electron chi connectivity index (χ2n) is 6.69. The molecule has 0 radical (unpaired) electrons. The second kappa shape index (κ2) is 9.91. The van der Waals surface area contributed by atoms with Gasteiger partial charge in [-0.05, 0) is 24.8 Å². The minimum Gasteiger partial charge on any atom is -0.467 e. The molecule has 26 heavy (non-hydrogen) atoms. The van der Waals surface area contributed by atoms with Crippen molar-refractivity contribution in [3.05, 3.63) is 35.9 Å². The number of carbonyl (C=O) groups excluding carboxylic acids is 3. The Morgan fingerprint density at radius 3 is 2.23 bits per heavy atom. The fourth-order valence-electron chi connectivity index (χ4n) is 2.81. The lowest BCUT2D eigenvalue weighted by atomic mass is 9.99. The Bertz CT molecular complexity index is 618. The summed E-state index contributed by atoms with van der Waals surface area (Å²) in [4.78, 5) is 38.2. The first-order valence-corrected chi connectivity index (χ1v) is 8.63. The maximum absolute atomic E-state index is 12.7. The molecule has 0 aliphatic rings. The van der Waals surface area contributed by atoms with Crippen LogP contribution in [0.25, 0.3) is 0 Å². The monoisotopic (exact) mass is 363 g/mol. The van der Waals surface area contributed by atoms with Gasteiger partial charge in [0.25, 0.3) is 0 Å². The molecule has 1 aromatic carbocycles. The third-order valence-electron chi connectivity index (χ3n) is 4.19. The van der Waals surface area contributed by atoms with Gasteiger partial charge in [0.15, 0.2) is 0 Å². The number of carbonyl (C=O) groups is 3. The fraction of sp³-hybridized carbons (Fsp3) is 0.526. The number of hydrogen-bond acceptors (Lipinski definition) is 5. The van der Waals surface area contributed by atoms with E-state index in [2.05, 4.69) is 10.1 Å². The molecule has 0 aromatic heterocycles. The van der Waals surface area contributed by atoms with Gasteiger partial charge in [-0.3, -0.25) is 9.59 Å². The quantitative estimate of drug-likeness (QED) is 0.663. The molecule has 0 bridgehead atoms. The van der Waals surface area contributed by atoms with Crippen LogP contribution in [0.5, 0.6) is 0 Å². The maximum atomic E-state index is 12.7. The molecule has 3 N–H and O–H groups in total. The average molecular weight is 363 g/mol. The summed E-state index contributed by atoms with van der Waals surface area (Å²) in [5.74, 6) is -1.44. The third kappa shape index (κ3) is 5.84. The molecular formula is C19H29N3O4. The summed E-state index contributed by atoms with van der Waals surface area (Å²) in [6, 6.07) is 7.17. The molecule has 0 unspecified atom stereocenters. The Hall–Kier alpha value is -2.41. The average Bonchev–Trinajstić information content (AvgIpc) is 2.60. The van der Waals surface area contributed by atoms with Gasteiger partial charge in [-0.2, -0.15) is 0 Å². The van der Waals surface area contributed by atoms with Crippen LogP contribution in [0, 0.1) is 5.92 Å². The number of nitrogens with zero attached hydrogens (tertiary/aromatic N) is 1. The topological polar surface area (TPSA) is 102 Å². The highest BCUT2D eigenvalue weighted by atomic mass is 16.5. The van der Waals surface area contributed by atoms with Crippen molar-refractivity contribution in [3.63, 3.8) is 0 Å². The van der Waals surface area contributed by atoms with Crippen LogP contribution in [0.3, 0.4) is 0 Å². The fourth-order valence-corrected chi connectivity index (χ4v) is 2.81. The number of esters is 1. The van der Waals surface area contributed by atoms with Gasteiger partial charge in [-0.1, -0.05) is 44.2 Å². The van der Waals surface area contributed by atoms with E-state index < -0.39 is 30.0 Å². The smallest absolute Gasteiger partial charge is 0.328 e. The van der Waals surface area contributed by atoms with Gasteiger partial charge in [-0.25, -0.2) is 4.79 Å². The highest BCUT2D eigenvalue weighted by Gasteiger charge is 2.33. The van der Waals surface area contributed by atoms with Crippen LogP contribution < -0.4 is 11.1 Å². The zero-order chi connectivity index (χ0) is 19.9. The van der Waals surface area contributed by atoms with Gasteiger partial charge in [0, 0.05) is 7.05 Å². The van der Waals surface area contributed by atoms with E-state index in [1.807, 2.05) is 44.2 Å². The van der Waals surface area contributed by atoms with Crippen molar-refractivity contribution >= 4 is 17.8 Å². The molecule has 1 aromatic rings. The first-order chi connectivity index (χ1) is 12.2. The number of benzene rings is 1. The van der Waals surface area contributed by atoms with Crippen LogP contribution in [0.15, 0.2) is 30.3 Å². The normalized spacial score (nSPS) is 14.3. The Morgan fingerprint density at radius 1 is 1.15 bits per heavy atom. The molecular weight excluding hydrogens is 334 g/mol. The van der Waals surface area contributed by atoms with Gasteiger partial charge in [0.2, 0.25) is 11.8 Å². The number of likely N-dealkylation sites (N-methyl/N-ethyl adjacent to an activating group) is 1. The molecule has 0 aliphatic heterocycles. The maximum Gasteiger partial charge on any atom is 0.328 e. The molecule has 0 spiro atoms. The van der Waals surface area contributed by atoms with Crippen molar-refractivity contribution in [2.24, 2.45) is 11.7 Å². The number of nitrogens with two attached hydrogens (primary N) is 1. The highest BCUT2D eigenvalue weighted by molar-refractivity contribution is 5.92. The molecule has 0 heterocycles. The summed E-state index contributed by atoms with van der Waals surface area (Å²) in [6.07, 6.45) is 0.384.